The summed E-state index contributed by atoms with van der Waals surface area (Å²) in [7, 11) is 3.12. The lowest BCUT2D eigenvalue weighted by Crippen LogP contribution is -2.48. The van der Waals surface area contributed by atoms with Crippen molar-refractivity contribution in [3.05, 3.63) is 59.2 Å². The lowest BCUT2D eigenvalue weighted by Gasteiger charge is -2.24. The summed E-state index contributed by atoms with van der Waals surface area (Å²) < 4.78 is 10.5. The quantitative estimate of drug-likeness (QED) is 0.604. The van der Waals surface area contributed by atoms with Gasteiger partial charge in [0, 0.05) is 18.7 Å². The highest BCUT2D eigenvalue weighted by atomic mass is 16.5. The third-order valence-electron chi connectivity index (χ3n) is 6.20. The van der Waals surface area contributed by atoms with E-state index >= 15 is 0 Å². The maximum atomic E-state index is 12.8. The predicted octanol–water partition coefficient (Wildman–Crippen LogP) is 3.04. The molecule has 1 saturated heterocycles. The van der Waals surface area contributed by atoms with Crippen LogP contribution in [0.5, 0.6) is 11.5 Å². The molecular weight excluding hydrogens is 446 g/mol. The molecule has 0 saturated carbocycles. The molecule has 188 valence electrons. The summed E-state index contributed by atoms with van der Waals surface area (Å²) in [5.41, 5.74) is 2.48. The first-order valence-electron chi connectivity index (χ1n) is 11.8. The summed E-state index contributed by atoms with van der Waals surface area (Å²) in [6, 6.07) is 12.3. The van der Waals surface area contributed by atoms with E-state index in [4.69, 9.17) is 9.47 Å². The summed E-state index contributed by atoms with van der Waals surface area (Å²) in [5.74, 6) is 0.402. The summed E-state index contributed by atoms with van der Waals surface area (Å²) >= 11 is 0. The molecule has 2 N–H and O–H groups in total. The smallest absolute Gasteiger partial charge is 0.251 e. The number of methoxy groups -OCH3 is 2. The standard InChI is InChI=1S/C27H35N3O5/c1-27(2,3)20-11-9-19(10-12-20)25(32)29-17-24(31)30-14-6-7-21(30)26(33)28-16-18-8-13-22(34-4)23(15-18)35-5/h8-13,15,21H,6-7,14,16-17H2,1-5H3,(H,28,33)(H,29,32). The van der Waals surface area contributed by atoms with Crippen molar-refractivity contribution in [3.8, 4) is 11.5 Å². The van der Waals surface area contributed by atoms with Crippen molar-refractivity contribution in [2.24, 2.45) is 0 Å². The van der Waals surface area contributed by atoms with Crippen molar-refractivity contribution in [2.75, 3.05) is 27.3 Å². The molecule has 35 heavy (non-hydrogen) atoms. The van der Waals surface area contributed by atoms with E-state index in [1.165, 1.54) is 0 Å². The fourth-order valence-electron chi connectivity index (χ4n) is 4.12. The van der Waals surface area contributed by atoms with Gasteiger partial charge in [-0.2, -0.15) is 0 Å². The minimum atomic E-state index is -0.550. The maximum absolute atomic E-state index is 12.8. The lowest BCUT2D eigenvalue weighted by atomic mass is 9.87. The molecule has 1 unspecified atom stereocenters. The van der Waals surface area contributed by atoms with Gasteiger partial charge in [-0.05, 0) is 53.6 Å². The SMILES string of the molecule is COc1ccc(CNC(=O)C2CCCN2C(=O)CNC(=O)c2ccc(C(C)(C)C)cc2)cc1OC. The van der Waals surface area contributed by atoms with E-state index in [0.29, 0.717) is 36.6 Å². The van der Waals surface area contributed by atoms with Crippen molar-refractivity contribution < 1.29 is 23.9 Å². The van der Waals surface area contributed by atoms with Crippen LogP contribution in [-0.2, 0) is 21.5 Å². The number of hydrogen-bond acceptors (Lipinski definition) is 5. The van der Waals surface area contributed by atoms with Crippen molar-refractivity contribution in [1.29, 1.82) is 0 Å². The zero-order valence-corrected chi connectivity index (χ0v) is 21.1. The van der Waals surface area contributed by atoms with E-state index in [9.17, 15) is 14.4 Å². The number of rotatable bonds is 8. The molecule has 1 heterocycles. The Kier molecular flexibility index (Phi) is 8.38. The number of carbonyl (C=O) groups excluding carboxylic acids is 3. The van der Waals surface area contributed by atoms with E-state index in [1.54, 1.807) is 43.4 Å². The molecule has 0 bridgehead atoms. The normalized spacial score (nSPS) is 15.5. The van der Waals surface area contributed by atoms with E-state index in [1.807, 2.05) is 18.2 Å². The van der Waals surface area contributed by atoms with Gasteiger partial charge in [-0.25, -0.2) is 0 Å². The number of likely N-dealkylation sites (tertiary alicyclic amines) is 1. The van der Waals surface area contributed by atoms with Gasteiger partial charge in [-0.3, -0.25) is 14.4 Å². The summed E-state index contributed by atoms with van der Waals surface area (Å²) in [6.07, 6.45) is 1.33. The highest BCUT2D eigenvalue weighted by Gasteiger charge is 2.33. The Bertz CT molecular complexity index is 1060. The third-order valence-corrected chi connectivity index (χ3v) is 6.20. The fraction of sp³-hybridized carbons (Fsp3) is 0.444. The topological polar surface area (TPSA) is 97.0 Å². The van der Waals surface area contributed by atoms with Crippen molar-refractivity contribution in [2.45, 2.75) is 51.6 Å². The van der Waals surface area contributed by atoms with E-state index in [0.717, 1.165) is 17.5 Å². The molecule has 8 heteroatoms. The molecular formula is C27H35N3O5. The number of hydrogen-bond donors (Lipinski definition) is 2. The van der Waals surface area contributed by atoms with Crippen LogP contribution in [0.2, 0.25) is 0 Å². The van der Waals surface area contributed by atoms with Gasteiger partial charge in [0.1, 0.15) is 6.04 Å². The Morgan fingerprint density at radius 3 is 2.29 bits per heavy atom. The van der Waals surface area contributed by atoms with Crippen LogP contribution in [0.25, 0.3) is 0 Å². The fourth-order valence-corrected chi connectivity index (χ4v) is 4.12. The number of nitrogens with one attached hydrogen (secondary N) is 2. The van der Waals surface area contributed by atoms with Gasteiger partial charge in [-0.15, -0.1) is 0 Å². The highest BCUT2D eigenvalue weighted by molar-refractivity contribution is 5.97. The average Bonchev–Trinajstić information content (AvgIpc) is 3.35. The van der Waals surface area contributed by atoms with Gasteiger partial charge in [0.2, 0.25) is 11.8 Å². The lowest BCUT2D eigenvalue weighted by molar-refractivity contribution is -0.137. The summed E-state index contributed by atoms with van der Waals surface area (Å²) in [4.78, 5) is 39.7. The van der Waals surface area contributed by atoms with Crippen LogP contribution in [0.1, 0.15) is 55.1 Å². The predicted molar refractivity (Wildman–Crippen MR) is 134 cm³/mol. The molecule has 0 radical (unpaired) electrons. The Labute approximate surface area is 207 Å². The Morgan fingerprint density at radius 1 is 0.971 bits per heavy atom. The van der Waals surface area contributed by atoms with Crippen molar-refractivity contribution >= 4 is 17.7 Å². The zero-order valence-electron chi connectivity index (χ0n) is 21.1. The minimum absolute atomic E-state index is 0.00421. The molecule has 2 aromatic rings. The average molecular weight is 482 g/mol. The number of ether oxygens (including phenoxy) is 2. The monoisotopic (exact) mass is 481 g/mol. The Morgan fingerprint density at radius 2 is 1.66 bits per heavy atom. The van der Waals surface area contributed by atoms with Crippen LogP contribution in [0, 0.1) is 0 Å². The molecule has 1 fully saturated rings. The second kappa shape index (κ2) is 11.3. The van der Waals surface area contributed by atoms with Crippen LogP contribution in [-0.4, -0.2) is 56.0 Å². The van der Waals surface area contributed by atoms with Gasteiger partial charge in [0.25, 0.3) is 5.91 Å². The molecule has 0 spiro atoms. The molecule has 1 aliphatic rings. The van der Waals surface area contributed by atoms with Crippen LogP contribution in [0.15, 0.2) is 42.5 Å². The zero-order chi connectivity index (χ0) is 25.6. The molecule has 3 amide bonds. The molecule has 3 rings (SSSR count). The molecule has 1 atom stereocenters. The van der Waals surface area contributed by atoms with Crippen LogP contribution >= 0.6 is 0 Å². The summed E-state index contributed by atoms with van der Waals surface area (Å²) in [6.45, 7) is 6.97. The molecule has 2 aromatic carbocycles. The van der Waals surface area contributed by atoms with E-state index < -0.39 is 6.04 Å². The number of amides is 3. The minimum Gasteiger partial charge on any atom is -0.493 e. The van der Waals surface area contributed by atoms with E-state index in [-0.39, 0.29) is 29.7 Å². The number of carbonyl (C=O) groups is 3. The van der Waals surface area contributed by atoms with Crippen LogP contribution in [0.3, 0.4) is 0 Å². The van der Waals surface area contributed by atoms with Crippen molar-refractivity contribution in [3.63, 3.8) is 0 Å². The first-order chi connectivity index (χ1) is 16.6. The van der Waals surface area contributed by atoms with Gasteiger partial charge in [0.05, 0.1) is 20.8 Å². The van der Waals surface area contributed by atoms with Gasteiger partial charge < -0.3 is 25.0 Å². The van der Waals surface area contributed by atoms with Crippen LogP contribution < -0.4 is 20.1 Å². The van der Waals surface area contributed by atoms with Crippen LogP contribution in [0.4, 0.5) is 0 Å². The van der Waals surface area contributed by atoms with Crippen molar-refractivity contribution in [1.82, 2.24) is 15.5 Å². The number of nitrogens with zero attached hydrogens (tertiary/aromatic N) is 1. The molecule has 0 aromatic heterocycles. The van der Waals surface area contributed by atoms with Gasteiger partial charge >= 0.3 is 0 Å². The summed E-state index contributed by atoms with van der Waals surface area (Å²) in [5, 5.41) is 5.59. The second-order valence-electron chi connectivity index (χ2n) is 9.66. The Hall–Kier alpha value is -3.55. The Balaban J connectivity index is 1.53. The first-order valence-corrected chi connectivity index (χ1v) is 11.8. The van der Waals surface area contributed by atoms with Gasteiger partial charge in [-0.1, -0.05) is 39.0 Å². The molecule has 8 nitrogen and oxygen atoms in total. The largest absolute Gasteiger partial charge is 0.493 e. The second-order valence-corrected chi connectivity index (χ2v) is 9.66. The third kappa shape index (κ3) is 6.53. The maximum Gasteiger partial charge on any atom is 0.251 e. The highest BCUT2D eigenvalue weighted by Crippen LogP contribution is 2.27. The van der Waals surface area contributed by atoms with E-state index in [2.05, 4.69) is 31.4 Å². The first kappa shape index (κ1) is 26.1. The number of benzene rings is 2. The molecule has 0 aliphatic carbocycles. The molecule has 1 aliphatic heterocycles. The van der Waals surface area contributed by atoms with Gasteiger partial charge in [0.15, 0.2) is 11.5 Å².